The summed E-state index contributed by atoms with van der Waals surface area (Å²) in [6.07, 6.45) is 0.239. The summed E-state index contributed by atoms with van der Waals surface area (Å²) >= 11 is 0. The number of carbonyl (C=O) groups is 1. The molecule has 0 atom stereocenters. The van der Waals surface area contributed by atoms with Crippen LogP contribution in [-0.4, -0.2) is 10.5 Å². The first-order chi connectivity index (χ1) is 10.5. The van der Waals surface area contributed by atoms with Crippen molar-refractivity contribution in [3.05, 3.63) is 64.1 Å². The van der Waals surface area contributed by atoms with Gasteiger partial charge in [0.05, 0.1) is 11.9 Å². The molecule has 1 N–H and O–H groups in total. The fourth-order valence-electron chi connectivity index (χ4n) is 2.40. The van der Waals surface area contributed by atoms with Crippen molar-refractivity contribution >= 4 is 22.7 Å². The molecule has 22 heavy (non-hydrogen) atoms. The van der Waals surface area contributed by atoms with E-state index in [0.717, 1.165) is 16.8 Å². The second-order valence-corrected chi connectivity index (χ2v) is 5.32. The average Bonchev–Trinajstić information content (AvgIpc) is 2.74. The van der Waals surface area contributed by atoms with Gasteiger partial charge in [0.2, 0.25) is 5.91 Å². The maximum absolute atomic E-state index is 12.1. The average molecular weight is 296 g/mol. The first-order valence-corrected chi connectivity index (χ1v) is 6.98. The number of fused-ring (bicyclic) bond motifs is 1. The number of rotatable bonds is 3. The molecule has 3 rings (SSSR count). The molecule has 0 saturated heterocycles. The third-order valence-corrected chi connectivity index (χ3v) is 3.52. The molecule has 0 spiro atoms. The van der Waals surface area contributed by atoms with Gasteiger partial charge in [0.25, 0.3) is 0 Å². The number of hydrogen-bond donors (Lipinski definition) is 1. The summed E-state index contributed by atoms with van der Waals surface area (Å²) in [6, 6.07) is 13.0. The number of carbonyl (C=O) groups excluding carboxylic acids is 1. The van der Waals surface area contributed by atoms with Crippen molar-refractivity contribution in [1.82, 2.24) is 4.57 Å². The zero-order chi connectivity index (χ0) is 15.7. The Bertz CT molecular complexity index is 906. The van der Waals surface area contributed by atoms with Gasteiger partial charge in [0.1, 0.15) is 0 Å². The minimum atomic E-state index is -0.406. The van der Waals surface area contributed by atoms with Gasteiger partial charge in [-0.15, -0.1) is 0 Å². The quantitative estimate of drug-likeness (QED) is 0.808. The van der Waals surface area contributed by atoms with E-state index < -0.39 is 5.76 Å². The smallest absolute Gasteiger partial charge is 0.408 e. The highest BCUT2D eigenvalue weighted by atomic mass is 16.4. The second-order valence-electron chi connectivity index (χ2n) is 5.32. The molecule has 0 aliphatic rings. The lowest BCUT2D eigenvalue weighted by atomic mass is 10.1. The SMILES string of the molecule is Cc1cccc(NC(=O)Cc2ccc3oc(=O)n(C)c3c2)c1. The van der Waals surface area contributed by atoms with Gasteiger partial charge >= 0.3 is 5.76 Å². The molecule has 5 nitrogen and oxygen atoms in total. The fraction of sp³-hybridized carbons (Fsp3) is 0.176. The fourth-order valence-corrected chi connectivity index (χ4v) is 2.40. The number of anilines is 1. The van der Waals surface area contributed by atoms with E-state index in [1.165, 1.54) is 4.57 Å². The van der Waals surface area contributed by atoms with Gasteiger partial charge < -0.3 is 9.73 Å². The molecular formula is C17H16N2O3. The van der Waals surface area contributed by atoms with Crippen molar-refractivity contribution in [3.8, 4) is 0 Å². The summed E-state index contributed by atoms with van der Waals surface area (Å²) in [6.45, 7) is 1.98. The Morgan fingerprint density at radius 3 is 2.82 bits per heavy atom. The molecule has 0 radical (unpaired) electrons. The van der Waals surface area contributed by atoms with Crippen molar-refractivity contribution in [2.45, 2.75) is 13.3 Å². The number of benzene rings is 2. The Morgan fingerprint density at radius 1 is 1.23 bits per heavy atom. The number of oxazole rings is 1. The minimum absolute atomic E-state index is 0.0987. The summed E-state index contributed by atoms with van der Waals surface area (Å²) < 4.78 is 6.50. The van der Waals surface area contributed by atoms with Gasteiger partial charge in [0.15, 0.2) is 5.58 Å². The lowest BCUT2D eigenvalue weighted by molar-refractivity contribution is -0.115. The lowest BCUT2D eigenvalue weighted by Crippen LogP contribution is -2.14. The standard InChI is InChI=1S/C17H16N2O3/c1-11-4-3-5-13(8-11)18-16(20)10-12-6-7-15-14(9-12)19(2)17(21)22-15/h3-9H,10H2,1-2H3,(H,18,20). The number of hydrogen-bond acceptors (Lipinski definition) is 3. The number of nitrogens with zero attached hydrogens (tertiary/aromatic N) is 1. The van der Waals surface area contributed by atoms with Crippen molar-refractivity contribution in [1.29, 1.82) is 0 Å². The normalized spacial score (nSPS) is 10.8. The van der Waals surface area contributed by atoms with Crippen LogP contribution in [0, 0.1) is 6.92 Å². The van der Waals surface area contributed by atoms with Crippen LogP contribution >= 0.6 is 0 Å². The third kappa shape index (κ3) is 2.79. The van der Waals surface area contributed by atoms with Crippen molar-refractivity contribution in [2.75, 3.05) is 5.32 Å². The topological polar surface area (TPSA) is 64.2 Å². The highest BCUT2D eigenvalue weighted by molar-refractivity contribution is 5.92. The van der Waals surface area contributed by atoms with Crippen molar-refractivity contribution < 1.29 is 9.21 Å². The molecule has 0 unspecified atom stereocenters. The first kappa shape index (κ1) is 14.1. The summed E-state index contributed by atoms with van der Waals surface area (Å²) in [5.74, 6) is -0.505. The van der Waals surface area contributed by atoms with Gasteiger partial charge in [-0.05, 0) is 42.3 Å². The Kier molecular flexibility index (Phi) is 3.55. The predicted octanol–water partition coefficient (Wildman–Crippen LogP) is 2.62. The highest BCUT2D eigenvalue weighted by Crippen LogP contribution is 2.15. The van der Waals surface area contributed by atoms with Crippen LogP contribution < -0.4 is 11.1 Å². The Balaban J connectivity index is 1.79. The molecule has 5 heteroatoms. The van der Waals surface area contributed by atoms with Crippen LogP contribution in [0.15, 0.2) is 51.7 Å². The first-order valence-electron chi connectivity index (χ1n) is 6.98. The monoisotopic (exact) mass is 296 g/mol. The minimum Gasteiger partial charge on any atom is -0.408 e. The van der Waals surface area contributed by atoms with E-state index in [4.69, 9.17) is 4.42 Å². The van der Waals surface area contributed by atoms with Gasteiger partial charge in [0, 0.05) is 12.7 Å². The van der Waals surface area contributed by atoms with Crippen molar-refractivity contribution in [2.24, 2.45) is 7.05 Å². The van der Waals surface area contributed by atoms with Gasteiger partial charge in [-0.25, -0.2) is 4.79 Å². The molecule has 0 bridgehead atoms. The second kappa shape index (κ2) is 5.52. The van der Waals surface area contributed by atoms with Crippen LogP contribution in [0.2, 0.25) is 0 Å². The van der Waals surface area contributed by atoms with Crippen LogP contribution in [0.4, 0.5) is 5.69 Å². The van der Waals surface area contributed by atoms with E-state index >= 15 is 0 Å². The van der Waals surface area contributed by atoms with E-state index in [-0.39, 0.29) is 12.3 Å². The summed E-state index contributed by atoms with van der Waals surface area (Å²) in [5.41, 5.74) is 3.91. The summed E-state index contributed by atoms with van der Waals surface area (Å²) in [4.78, 5) is 23.6. The van der Waals surface area contributed by atoms with E-state index in [0.29, 0.717) is 11.1 Å². The maximum atomic E-state index is 12.1. The Labute approximate surface area is 127 Å². The van der Waals surface area contributed by atoms with Gasteiger partial charge in [-0.3, -0.25) is 9.36 Å². The molecular weight excluding hydrogens is 280 g/mol. The molecule has 1 heterocycles. The summed E-state index contributed by atoms with van der Waals surface area (Å²) in [7, 11) is 1.64. The maximum Gasteiger partial charge on any atom is 0.419 e. The van der Waals surface area contributed by atoms with Gasteiger partial charge in [-0.2, -0.15) is 0 Å². The van der Waals surface area contributed by atoms with E-state index in [2.05, 4.69) is 5.32 Å². The number of nitrogens with one attached hydrogen (secondary N) is 1. The van der Waals surface area contributed by atoms with Crippen LogP contribution in [0.1, 0.15) is 11.1 Å². The van der Waals surface area contributed by atoms with Crippen LogP contribution in [0.25, 0.3) is 11.1 Å². The van der Waals surface area contributed by atoms with E-state index in [1.54, 1.807) is 25.2 Å². The van der Waals surface area contributed by atoms with Gasteiger partial charge in [-0.1, -0.05) is 18.2 Å². The lowest BCUT2D eigenvalue weighted by Gasteiger charge is -2.06. The Morgan fingerprint density at radius 2 is 2.05 bits per heavy atom. The van der Waals surface area contributed by atoms with Crippen LogP contribution in [0.3, 0.4) is 0 Å². The zero-order valence-corrected chi connectivity index (χ0v) is 12.4. The molecule has 0 aliphatic carbocycles. The molecule has 3 aromatic rings. The molecule has 0 fully saturated rings. The molecule has 0 saturated carbocycles. The van der Waals surface area contributed by atoms with E-state index in [9.17, 15) is 9.59 Å². The Hall–Kier alpha value is -2.82. The van der Waals surface area contributed by atoms with Crippen LogP contribution in [-0.2, 0) is 18.3 Å². The predicted molar refractivity (Wildman–Crippen MR) is 85.0 cm³/mol. The molecule has 2 aromatic carbocycles. The van der Waals surface area contributed by atoms with E-state index in [1.807, 2.05) is 31.2 Å². The van der Waals surface area contributed by atoms with Crippen molar-refractivity contribution in [3.63, 3.8) is 0 Å². The number of aromatic nitrogens is 1. The molecule has 1 amide bonds. The molecule has 112 valence electrons. The third-order valence-electron chi connectivity index (χ3n) is 3.52. The molecule has 1 aromatic heterocycles. The number of amides is 1. The number of aryl methyl sites for hydroxylation is 2. The summed E-state index contributed by atoms with van der Waals surface area (Å²) in [5, 5.41) is 2.87. The highest BCUT2D eigenvalue weighted by Gasteiger charge is 2.09. The largest absolute Gasteiger partial charge is 0.419 e. The molecule has 0 aliphatic heterocycles. The van der Waals surface area contributed by atoms with Crippen LogP contribution in [0.5, 0.6) is 0 Å². The zero-order valence-electron chi connectivity index (χ0n) is 12.4.